The van der Waals surface area contributed by atoms with Crippen LogP contribution in [-0.4, -0.2) is 29.3 Å². The van der Waals surface area contributed by atoms with Crippen molar-refractivity contribution in [2.45, 2.75) is 20.3 Å². The number of methoxy groups -OCH3 is 1. The van der Waals surface area contributed by atoms with Crippen LogP contribution in [0.25, 0.3) is 22.0 Å². The predicted molar refractivity (Wildman–Crippen MR) is 112 cm³/mol. The lowest BCUT2D eigenvalue weighted by molar-refractivity contribution is -0.135. The molecule has 0 spiro atoms. The number of hydrogen-bond acceptors (Lipinski definition) is 4. The number of carboxylic acids is 1. The molecule has 28 heavy (non-hydrogen) atoms. The molecule has 1 heterocycles. The number of carboxylic acid groups (broad SMARTS) is 1. The number of carbonyl (C=O) groups is 1. The molecule has 3 rings (SSSR count). The summed E-state index contributed by atoms with van der Waals surface area (Å²) in [6.07, 6.45) is 0.872. The summed E-state index contributed by atoms with van der Waals surface area (Å²) in [4.78, 5) is 22.1. The average Bonchev–Trinajstić information content (AvgIpc) is 2.71. The molecule has 0 saturated carbocycles. The molecule has 1 aromatic heterocycles. The summed E-state index contributed by atoms with van der Waals surface area (Å²) in [5.41, 5.74) is 9.38. The summed E-state index contributed by atoms with van der Waals surface area (Å²) in [6.45, 7) is 3.90. The lowest BCUT2D eigenvalue weighted by Crippen LogP contribution is -2.19. The monoisotopic (exact) mass is 382 g/mol. The van der Waals surface area contributed by atoms with Crippen LogP contribution in [0.1, 0.15) is 18.1 Å². The van der Waals surface area contributed by atoms with Gasteiger partial charge in [-0.15, -0.1) is 0 Å². The third-order valence-electron chi connectivity index (χ3n) is 4.65. The van der Waals surface area contributed by atoms with Gasteiger partial charge in [-0.3, -0.25) is 9.59 Å². The van der Waals surface area contributed by atoms with E-state index in [1.54, 1.807) is 11.7 Å². The van der Waals surface area contributed by atoms with Gasteiger partial charge < -0.3 is 20.1 Å². The second-order valence-corrected chi connectivity index (χ2v) is 6.37. The largest absolute Gasteiger partial charge is 0.496 e. The first kappa shape index (κ1) is 21.2. The zero-order valence-electron chi connectivity index (χ0n) is 16.7. The number of aromatic nitrogens is 1. The van der Waals surface area contributed by atoms with Gasteiger partial charge in [0, 0.05) is 12.6 Å². The lowest BCUT2D eigenvalue weighted by atomic mass is 9.96. The number of rotatable bonds is 4. The van der Waals surface area contributed by atoms with Gasteiger partial charge >= 0.3 is 5.97 Å². The second kappa shape index (κ2) is 9.19. The van der Waals surface area contributed by atoms with E-state index in [1.165, 1.54) is 5.56 Å². The Balaban J connectivity index is 0.000000500. The number of nitrogens with two attached hydrogens (primary N) is 1. The highest BCUT2D eigenvalue weighted by atomic mass is 16.5. The molecule has 2 aromatic carbocycles. The van der Waals surface area contributed by atoms with Crippen molar-refractivity contribution >= 4 is 16.9 Å². The minimum atomic E-state index is -0.968. The third kappa shape index (κ3) is 4.23. The molecule has 0 saturated heterocycles. The smallest absolute Gasteiger partial charge is 0.317 e. The van der Waals surface area contributed by atoms with Gasteiger partial charge in [0.25, 0.3) is 5.56 Å². The van der Waals surface area contributed by atoms with Gasteiger partial charge in [-0.25, -0.2) is 0 Å². The molecule has 0 radical (unpaired) electrons. The Morgan fingerprint density at radius 2 is 1.82 bits per heavy atom. The van der Waals surface area contributed by atoms with E-state index in [9.17, 15) is 9.59 Å². The first-order valence-corrected chi connectivity index (χ1v) is 9.03. The number of nitrogens with zero attached hydrogens (tertiary/aromatic N) is 1. The number of hydrogen-bond donors (Lipinski definition) is 2. The van der Waals surface area contributed by atoms with E-state index in [0.717, 1.165) is 34.2 Å². The van der Waals surface area contributed by atoms with Crippen molar-refractivity contribution in [1.29, 1.82) is 0 Å². The molecule has 6 heteroatoms. The molecule has 6 nitrogen and oxygen atoms in total. The molecule has 3 aromatic rings. The van der Waals surface area contributed by atoms with Gasteiger partial charge in [0.2, 0.25) is 0 Å². The molecule has 0 amide bonds. The Morgan fingerprint density at radius 3 is 2.39 bits per heavy atom. The highest BCUT2D eigenvalue weighted by Crippen LogP contribution is 2.34. The van der Waals surface area contributed by atoms with Crippen LogP contribution in [0.2, 0.25) is 0 Å². The average molecular weight is 382 g/mol. The van der Waals surface area contributed by atoms with Crippen LogP contribution in [0.3, 0.4) is 0 Å². The van der Waals surface area contributed by atoms with Gasteiger partial charge in [0.05, 0.1) is 24.7 Å². The Hall–Kier alpha value is -3.12. The van der Waals surface area contributed by atoms with Gasteiger partial charge in [0.15, 0.2) is 0 Å². The number of aryl methyl sites for hydroxylation is 2. The van der Waals surface area contributed by atoms with Crippen LogP contribution in [-0.2, 0) is 18.3 Å². The molecule has 0 aliphatic carbocycles. The predicted octanol–water partition coefficient (Wildman–Crippen LogP) is 3.11. The van der Waals surface area contributed by atoms with E-state index in [4.69, 9.17) is 9.84 Å². The maximum absolute atomic E-state index is 12.8. The van der Waals surface area contributed by atoms with E-state index in [-0.39, 0.29) is 12.1 Å². The standard InChI is InChI=1S/C20H21NO2.C2H5NO2/c1-5-15-13(2)10-11-16(19(15)23-4)17-12-14-8-6-7-9-18(14)21(3)20(17)22;3-1-2(4)5/h6-12H,5H2,1-4H3;1,3H2,(H,4,5). The van der Waals surface area contributed by atoms with Crippen LogP contribution < -0.4 is 16.0 Å². The molecular weight excluding hydrogens is 356 g/mol. The molecule has 3 N–H and O–H groups in total. The number of benzene rings is 2. The first-order valence-electron chi connectivity index (χ1n) is 9.03. The minimum absolute atomic E-state index is 0.00657. The maximum atomic E-state index is 12.8. The Bertz CT molecular complexity index is 1050. The molecule has 0 aliphatic heterocycles. The molecule has 0 atom stereocenters. The topological polar surface area (TPSA) is 94.5 Å². The fourth-order valence-corrected chi connectivity index (χ4v) is 3.23. The van der Waals surface area contributed by atoms with Crippen molar-refractivity contribution in [2.24, 2.45) is 12.8 Å². The quantitative estimate of drug-likeness (QED) is 0.723. The van der Waals surface area contributed by atoms with Crippen molar-refractivity contribution in [3.63, 3.8) is 0 Å². The van der Waals surface area contributed by atoms with Crippen LogP contribution in [0.5, 0.6) is 5.75 Å². The molecule has 0 bridgehead atoms. The second-order valence-electron chi connectivity index (χ2n) is 6.37. The van der Waals surface area contributed by atoms with Crippen molar-refractivity contribution < 1.29 is 14.6 Å². The summed E-state index contributed by atoms with van der Waals surface area (Å²) >= 11 is 0. The molecular formula is C22H26N2O4. The van der Waals surface area contributed by atoms with Gasteiger partial charge in [-0.05, 0) is 42.0 Å². The van der Waals surface area contributed by atoms with Crippen LogP contribution in [0.4, 0.5) is 0 Å². The zero-order valence-corrected chi connectivity index (χ0v) is 16.7. The Kier molecular flexibility index (Phi) is 6.95. The fraction of sp³-hybridized carbons (Fsp3) is 0.273. The van der Waals surface area contributed by atoms with Gasteiger partial charge in [-0.2, -0.15) is 0 Å². The van der Waals surface area contributed by atoms with E-state index >= 15 is 0 Å². The zero-order chi connectivity index (χ0) is 20.8. The molecule has 0 unspecified atom stereocenters. The highest BCUT2D eigenvalue weighted by molar-refractivity contribution is 5.85. The normalized spacial score (nSPS) is 10.3. The van der Waals surface area contributed by atoms with E-state index < -0.39 is 5.97 Å². The number of aliphatic carboxylic acids is 1. The van der Waals surface area contributed by atoms with Gasteiger partial charge in [-0.1, -0.05) is 37.3 Å². The van der Waals surface area contributed by atoms with E-state index in [0.29, 0.717) is 5.56 Å². The summed E-state index contributed by atoms with van der Waals surface area (Å²) in [5, 5.41) is 8.64. The highest BCUT2D eigenvalue weighted by Gasteiger charge is 2.16. The summed E-state index contributed by atoms with van der Waals surface area (Å²) in [5.74, 6) is -0.162. The minimum Gasteiger partial charge on any atom is -0.496 e. The number of pyridine rings is 1. The van der Waals surface area contributed by atoms with Crippen LogP contribution >= 0.6 is 0 Å². The van der Waals surface area contributed by atoms with Crippen molar-refractivity contribution in [3.05, 3.63) is 63.9 Å². The number of ether oxygens (including phenoxy) is 1. The van der Waals surface area contributed by atoms with E-state index in [1.807, 2.05) is 43.4 Å². The first-order chi connectivity index (χ1) is 13.3. The van der Waals surface area contributed by atoms with E-state index in [2.05, 4.69) is 25.6 Å². The lowest BCUT2D eigenvalue weighted by Gasteiger charge is -2.16. The van der Waals surface area contributed by atoms with Crippen molar-refractivity contribution in [2.75, 3.05) is 13.7 Å². The maximum Gasteiger partial charge on any atom is 0.317 e. The van der Waals surface area contributed by atoms with Crippen molar-refractivity contribution in [1.82, 2.24) is 4.57 Å². The summed E-state index contributed by atoms with van der Waals surface area (Å²) in [7, 11) is 3.48. The SMILES string of the molecule is CCc1c(C)ccc(-c2cc3ccccc3n(C)c2=O)c1OC.NCC(=O)O. The van der Waals surface area contributed by atoms with Crippen molar-refractivity contribution in [3.8, 4) is 16.9 Å². The summed E-state index contributed by atoms with van der Waals surface area (Å²) < 4.78 is 7.37. The third-order valence-corrected chi connectivity index (χ3v) is 4.65. The Morgan fingerprint density at radius 1 is 1.18 bits per heavy atom. The number of para-hydroxylation sites is 1. The Labute approximate surface area is 164 Å². The molecule has 0 fully saturated rings. The summed E-state index contributed by atoms with van der Waals surface area (Å²) in [6, 6.07) is 13.9. The van der Waals surface area contributed by atoms with Gasteiger partial charge in [0.1, 0.15) is 5.75 Å². The van der Waals surface area contributed by atoms with Crippen LogP contribution in [0, 0.1) is 6.92 Å². The molecule has 148 valence electrons. The fourth-order valence-electron chi connectivity index (χ4n) is 3.23. The molecule has 0 aliphatic rings. The van der Waals surface area contributed by atoms with Crippen LogP contribution in [0.15, 0.2) is 47.3 Å². The number of fused-ring (bicyclic) bond motifs is 1.